The normalized spacial score (nSPS) is 14.9. The molecule has 1 saturated heterocycles. The fourth-order valence-corrected chi connectivity index (χ4v) is 4.32. The summed E-state index contributed by atoms with van der Waals surface area (Å²) in [6, 6.07) is 3.69. The lowest BCUT2D eigenvalue weighted by Crippen LogP contribution is -2.44. The Bertz CT molecular complexity index is 1060. The molecule has 0 bridgehead atoms. The van der Waals surface area contributed by atoms with E-state index in [2.05, 4.69) is 25.1 Å². The van der Waals surface area contributed by atoms with Crippen molar-refractivity contribution in [3.63, 3.8) is 0 Å². The summed E-state index contributed by atoms with van der Waals surface area (Å²) in [5.74, 6) is 0.787. The van der Waals surface area contributed by atoms with Gasteiger partial charge in [-0.05, 0) is 33.3 Å². The summed E-state index contributed by atoms with van der Waals surface area (Å²) in [5, 5.41) is 7.49. The van der Waals surface area contributed by atoms with Gasteiger partial charge in [-0.3, -0.25) is 14.5 Å². The van der Waals surface area contributed by atoms with E-state index < -0.39 is 10.0 Å². The second-order valence-electron chi connectivity index (χ2n) is 7.43. The first-order valence-corrected chi connectivity index (χ1v) is 11.7. The number of carbonyl (C=O) groups excluding carboxylic acids is 2. The largest absolute Gasteiger partial charge is 0.369 e. The molecule has 1 aliphatic heterocycles. The molecule has 12 heteroatoms. The van der Waals surface area contributed by atoms with Gasteiger partial charge in [0.25, 0.3) is 0 Å². The Morgan fingerprint density at radius 3 is 2.39 bits per heavy atom. The van der Waals surface area contributed by atoms with Crippen LogP contribution in [-0.4, -0.2) is 70.3 Å². The van der Waals surface area contributed by atoms with Gasteiger partial charge in [0.05, 0.1) is 11.4 Å². The third-order valence-corrected chi connectivity index (χ3v) is 6.14. The van der Waals surface area contributed by atoms with Gasteiger partial charge in [-0.25, -0.2) is 27.8 Å². The van der Waals surface area contributed by atoms with Crippen LogP contribution in [0, 0.1) is 20.8 Å². The van der Waals surface area contributed by atoms with Gasteiger partial charge in [0.2, 0.25) is 21.8 Å². The number of rotatable bonds is 9. The molecule has 3 heterocycles. The lowest BCUT2D eigenvalue weighted by atomic mass is 10.1. The molecular weight excluding hydrogens is 422 g/mol. The summed E-state index contributed by atoms with van der Waals surface area (Å²) in [7, 11) is -3.63. The van der Waals surface area contributed by atoms with Crippen molar-refractivity contribution in [1.82, 2.24) is 29.4 Å². The van der Waals surface area contributed by atoms with Crippen LogP contribution in [0.5, 0.6) is 0 Å². The summed E-state index contributed by atoms with van der Waals surface area (Å²) in [4.78, 5) is 33.3. The number of aryl methyl sites for hydroxylation is 3. The number of hydrogen-bond donors (Lipinski definition) is 2. The lowest BCUT2D eigenvalue weighted by Gasteiger charge is -2.24. The van der Waals surface area contributed by atoms with Crippen LogP contribution in [-0.2, 0) is 19.6 Å². The Kier molecular flexibility index (Phi) is 7.01. The van der Waals surface area contributed by atoms with E-state index >= 15 is 0 Å². The van der Waals surface area contributed by atoms with Crippen molar-refractivity contribution in [2.45, 2.75) is 40.0 Å². The minimum Gasteiger partial charge on any atom is -0.369 e. The number of piperidine rings is 1. The van der Waals surface area contributed by atoms with E-state index in [1.807, 2.05) is 19.9 Å². The van der Waals surface area contributed by atoms with Gasteiger partial charge in [0.1, 0.15) is 11.6 Å². The monoisotopic (exact) mass is 449 g/mol. The van der Waals surface area contributed by atoms with Gasteiger partial charge in [-0.2, -0.15) is 5.10 Å². The predicted octanol–water partition coefficient (Wildman–Crippen LogP) is 0.458. The minimum atomic E-state index is -3.63. The van der Waals surface area contributed by atoms with Crippen molar-refractivity contribution in [1.29, 1.82) is 0 Å². The first-order valence-electron chi connectivity index (χ1n) is 10.1. The van der Waals surface area contributed by atoms with Crippen LogP contribution in [0.3, 0.4) is 0 Å². The first-order chi connectivity index (χ1) is 14.6. The van der Waals surface area contributed by atoms with Crippen LogP contribution in [0.25, 0.3) is 5.82 Å². The molecule has 0 atom stereocenters. The molecule has 11 nitrogen and oxygen atoms in total. The molecular formula is C19H27N7O4S. The highest BCUT2D eigenvalue weighted by molar-refractivity contribution is 7.89. The van der Waals surface area contributed by atoms with Crippen LogP contribution >= 0.6 is 0 Å². The second kappa shape index (κ2) is 9.52. The number of nitrogens with zero attached hydrogens (tertiary/aromatic N) is 5. The number of sulfonamides is 1. The van der Waals surface area contributed by atoms with Crippen molar-refractivity contribution < 1.29 is 18.0 Å². The van der Waals surface area contributed by atoms with E-state index in [0.29, 0.717) is 30.4 Å². The summed E-state index contributed by atoms with van der Waals surface area (Å²) < 4.78 is 28.6. The van der Waals surface area contributed by atoms with Crippen molar-refractivity contribution in [3.05, 3.63) is 29.3 Å². The molecule has 2 N–H and O–H groups in total. The second-order valence-corrected chi connectivity index (χ2v) is 9.36. The highest BCUT2D eigenvalue weighted by Gasteiger charge is 2.27. The van der Waals surface area contributed by atoms with Gasteiger partial charge in [-0.15, -0.1) is 0 Å². The van der Waals surface area contributed by atoms with Gasteiger partial charge >= 0.3 is 0 Å². The SMILES string of the molecule is Cc1cc(C)n(-c2cc(NCCNS(=O)(=O)CCN3C(=O)CCCC3=O)nc(C)n2)n1. The number of amides is 2. The van der Waals surface area contributed by atoms with Crippen LogP contribution in [0.4, 0.5) is 5.82 Å². The maximum atomic E-state index is 12.2. The number of carbonyl (C=O) groups is 2. The maximum Gasteiger partial charge on any atom is 0.229 e. The number of aromatic nitrogens is 4. The zero-order chi connectivity index (χ0) is 22.6. The Balaban J connectivity index is 1.51. The van der Waals surface area contributed by atoms with E-state index in [4.69, 9.17) is 0 Å². The van der Waals surface area contributed by atoms with Crippen LogP contribution in [0.2, 0.25) is 0 Å². The van der Waals surface area contributed by atoms with E-state index in [1.165, 1.54) is 0 Å². The maximum absolute atomic E-state index is 12.2. The molecule has 31 heavy (non-hydrogen) atoms. The third kappa shape index (κ3) is 6.07. The average Bonchev–Trinajstić information content (AvgIpc) is 3.02. The Labute approximate surface area is 181 Å². The van der Waals surface area contributed by atoms with Crippen molar-refractivity contribution >= 4 is 27.7 Å². The fraction of sp³-hybridized carbons (Fsp3) is 0.526. The van der Waals surface area contributed by atoms with Gasteiger partial charge in [0.15, 0.2) is 5.82 Å². The molecule has 2 aromatic rings. The van der Waals surface area contributed by atoms with Gasteiger partial charge < -0.3 is 5.32 Å². The summed E-state index contributed by atoms with van der Waals surface area (Å²) >= 11 is 0. The Hall–Kier alpha value is -2.86. The van der Waals surface area contributed by atoms with Crippen molar-refractivity contribution in [3.8, 4) is 5.82 Å². The molecule has 0 unspecified atom stereocenters. The van der Waals surface area contributed by atoms with Crippen molar-refractivity contribution in [2.75, 3.05) is 30.7 Å². The third-order valence-electron chi connectivity index (χ3n) is 4.77. The zero-order valence-electron chi connectivity index (χ0n) is 17.9. The topological polar surface area (TPSA) is 139 Å². The van der Waals surface area contributed by atoms with Crippen LogP contribution in [0.15, 0.2) is 12.1 Å². The molecule has 2 amide bonds. The van der Waals surface area contributed by atoms with Gasteiger partial charge in [-0.1, -0.05) is 0 Å². The summed E-state index contributed by atoms with van der Waals surface area (Å²) in [5.41, 5.74) is 1.82. The molecule has 2 aromatic heterocycles. The molecule has 0 aliphatic carbocycles. The lowest BCUT2D eigenvalue weighted by molar-refractivity contribution is -0.147. The van der Waals surface area contributed by atoms with Crippen molar-refractivity contribution in [2.24, 2.45) is 0 Å². The zero-order valence-corrected chi connectivity index (χ0v) is 18.7. The highest BCUT2D eigenvalue weighted by Crippen LogP contribution is 2.14. The molecule has 0 radical (unpaired) electrons. The van der Waals surface area contributed by atoms with E-state index in [1.54, 1.807) is 17.7 Å². The highest BCUT2D eigenvalue weighted by atomic mass is 32.2. The fourth-order valence-electron chi connectivity index (χ4n) is 3.34. The standard InChI is InChI=1S/C19H27N7O4S/c1-13-11-14(2)26(24-13)17-12-16(22-15(3)23-17)20-7-8-21-31(29,30)10-9-25-18(27)5-4-6-19(25)28/h11-12,21H,4-10H2,1-3H3,(H,20,22,23). The quantitative estimate of drug-likeness (QED) is 0.416. The number of imide groups is 1. The predicted molar refractivity (Wildman–Crippen MR) is 114 cm³/mol. The smallest absolute Gasteiger partial charge is 0.229 e. The minimum absolute atomic E-state index is 0.127. The first kappa shape index (κ1) is 22.8. The van der Waals surface area contributed by atoms with Gasteiger partial charge in [0, 0.05) is 44.2 Å². The Morgan fingerprint density at radius 1 is 1.03 bits per heavy atom. The molecule has 1 fully saturated rings. The summed E-state index contributed by atoms with van der Waals surface area (Å²) in [6.45, 7) is 5.91. The Morgan fingerprint density at radius 2 is 1.74 bits per heavy atom. The molecule has 168 valence electrons. The number of hydrogen-bond acceptors (Lipinski definition) is 8. The molecule has 0 saturated carbocycles. The molecule has 0 aromatic carbocycles. The van der Waals surface area contributed by atoms with E-state index in [-0.39, 0.29) is 43.5 Å². The number of likely N-dealkylation sites (tertiary alicyclic amines) is 1. The average molecular weight is 450 g/mol. The van der Waals surface area contributed by atoms with E-state index in [0.717, 1.165) is 16.3 Å². The van der Waals surface area contributed by atoms with Crippen LogP contribution in [0.1, 0.15) is 36.5 Å². The molecule has 0 spiro atoms. The number of nitrogens with one attached hydrogen (secondary N) is 2. The molecule has 3 rings (SSSR count). The molecule has 1 aliphatic rings. The number of anilines is 1. The summed E-state index contributed by atoms with van der Waals surface area (Å²) in [6.07, 6.45) is 1.08. The van der Waals surface area contributed by atoms with Crippen LogP contribution < -0.4 is 10.0 Å². The van der Waals surface area contributed by atoms with E-state index in [9.17, 15) is 18.0 Å².